The Balaban J connectivity index is 1.35. The molecule has 7 nitrogen and oxygen atoms in total. The SMILES string of the molecule is COc1ccccc1Cn1ncc2c1CCC[C@@H]2NC(=O)c1ccc2c(c1)OCO2. The molecule has 1 N–H and O–H groups in total. The highest BCUT2D eigenvalue weighted by Crippen LogP contribution is 2.34. The Morgan fingerprint density at radius 3 is 3.00 bits per heavy atom. The molecule has 1 aliphatic carbocycles. The van der Waals surface area contributed by atoms with E-state index in [2.05, 4.69) is 16.5 Å². The minimum absolute atomic E-state index is 0.0573. The fourth-order valence-corrected chi connectivity index (χ4v) is 4.18. The number of rotatable bonds is 5. The highest BCUT2D eigenvalue weighted by Gasteiger charge is 2.27. The summed E-state index contributed by atoms with van der Waals surface area (Å²) in [7, 11) is 1.68. The van der Waals surface area contributed by atoms with Crippen molar-refractivity contribution in [1.29, 1.82) is 0 Å². The van der Waals surface area contributed by atoms with E-state index in [4.69, 9.17) is 14.2 Å². The van der Waals surface area contributed by atoms with Gasteiger partial charge < -0.3 is 19.5 Å². The van der Waals surface area contributed by atoms with E-state index in [1.807, 2.05) is 29.1 Å². The van der Waals surface area contributed by atoms with Crippen molar-refractivity contribution in [1.82, 2.24) is 15.1 Å². The lowest BCUT2D eigenvalue weighted by molar-refractivity contribution is 0.0932. The van der Waals surface area contributed by atoms with E-state index in [9.17, 15) is 4.79 Å². The van der Waals surface area contributed by atoms with Crippen molar-refractivity contribution in [3.63, 3.8) is 0 Å². The van der Waals surface area contributed by atoms with Crippen LogP contribution in [-0.4, -0.2) is 29.6 Å². The van der Waals surface area contributed by atoms with Gasteiger partial charge >= 0.3 is 0 Å². The molecule has 1 aliphatic heterocycles. The van der Waals surface area contributed by atoms with Crippen LogP contribution < -0.4 is 19.5 Å². The Morgan fingerprint density at radius 2 is 2.10 bits per heavy atom. The van der Waals surface area contributed by atoms with Gasteiger partial charge in [0.15, 0.2) is 11.5 Å². The van der Waals surface area contributed by atoms with Gasteiger partial charge in [-0.05, 0) is 43.5 Å². The number of carbonyl (C=O) groups is 1. The maximum atomic E-state index is 12.9. The van der Waals surface area contributed by atoms with E-state index in [1.54, 1.807) is 25.3 Å². The largest absolute Gasteiger partial charge is 0.496 e. The molecular formula is C23H23N3O4. The number of para-hydroxylation sites is 1. The highest BCUT2D eigenvalue weighted by molar-refractivity contribution is 5.95. The first-order valence-corrected chi connectivity index (χ1v) is 10.1. The summed E-state index contributed by atoms with van der Waals surface area (Å²) in [5.41, 5.74) is 3.90. The molecule has 0 bridgehead atoms. The van der Waals surface area contributed by atoms with Crippen molar-refractivity contribution < 1.29 is 19.0 Å². The zero-order valence-electron chi connectivity index (χ0n) is 16.8. The summed E-state index contributed by atoms with van der Waals surface area (Å²) >= 11 is 0. The second-order valence-electron chi connectivity index (χ2n) is 7.50. The van der Waals surface area contributed by atoms with Gasteiger partial charge in [-0.15, -0.1) is 0 Å². The van der Waals surface area contributed by atoms with Crippen molar-refractivity contribution in [2.75, 3.05) is 13.9 Å². The molecule has 5 rings (SSSR count). The normalized spacial score (nSPS) is 16.8. The Morgan fingerprint density at radius 1 is 1.23 bits per heavy atom. The van der Waals surface area contributed by atoms with Crippen LogP contribution in [0.2, 0.25) is 0 Å². The summed E-state index contributed by atoms with van der Waals surface area (Å²) in [5.74, 6) is 2.01. The Kier molecular flexibility index (Phi) is 4.78. The third-order valence-electron chi connectivity index (χ3n) is 5.72. The maximum absolute atomic E-state index is 12.9. The van der Waals surface area contributed by atoms with Crippen molar-refractivity contribution in [3.8, 4) is 17.2 Å². The van der Waals surface area contributed by atoms with Crippen molar-refractivity contribution in [2.24, 2.45) is 0 Å². The third-order valence-corrected chi connectivity index (χ3v) is 5.72. The summed E-state index contributed by atoms with van der Waals surface area (Å²) in [6.45, 7) is 0.833. The van der Waals surface area contributed by atoms with E-state index < -0.39 is 0 Å². The van der Waals surface area contributed by atoms with Gasteiger partial charge in [0.05, 0.1) is 25.9 Å². The number of ether oxygens (including phenoxy) is 3. The average Bonchev–Trinajstić information content (AvgIpc) is 3.41. The molecule has 0 saturated carbocycles. The summed E-state index contributed by atoms with van der Waals surface area (Å²) < 4.78 is 18.2. The van der Waals surface area contributed by atoms with Gasteiger partial charge in [-0.25, -0.2) is 0 Å². The molecule has 0 fully saturated rings. The summed E-state index contributed by atoms with van der Waals surface area (Å²) in [4.78, 5) is 12.9. The van der Waals surface area contributed by atoms with Gasteiger partial charge in [-0.2, -0.15) is 5.10 Å². The third kappa shape index (κ3) is 3.36. The number of amides is 1. The first-order chi connectivity index (χ1) is 14.7. The average molecular weight is 405 g/mol. The molecule has 1 atom stereocenters. The van der Waals surface area contributed by atoms with Crippen LogP contribution in [0.4, 0.5) is 0 Å². The fraction of sp³-hybridized carbons (Fsp3) is 0.304. The van der Waals surface area contributed by atoms with E-state index >= 15 is 0 Å². The molecule has 0 unspecified atom stereocenters. The molecule has 2 aliphatic rings. The van der Waals surface area contributed by atoms with Crippen molar-refractivity contribution >= 4 is 5.91 Å². The number of benzene rings is 2. The first-order valence-electron chi connectivity index (χ1n) is 10.1. The van der Waals surface area contributed by atoms with Crippen LogP contribution in [0.5, 0.6) is 17.2 Å². The Hall–Kier alpha value is -3.48. The minimum atomic E-state index is -0.122. The molecule has 3 aromatic rings. The number of methoxy groups -OCH3 is 1. The second-order valence-corrected chi connectivity index (χ2v) is 7.50. The highest BCUT2D eigenvalue weighted by atomic mass is 16.7. The molecule has 0 radical (unpaired) electrons. The monoisotopic (exact) mass is 405 g/mol. The smallest absolute Gasteiger partial charge is 0.251 e. The summed E-state index contributed by atoms with van der Waals surface area (Å²) in [5, 5.41) is 7.79. The van der Waals surface area contributed by atoms with Gasteiger partial charge in [0.2, 0.25) is 6.79 Å². The molecule has 7 heteroatoms. The van der Waals surface area contributed by atoms with Crippen molar-refractivity contribution in [2.45, 2.75) is 31.8 Å². The lowest BCUT2D eigenvalue weighted by atomic mass is 9.92. The number of nitrogens with zero attached hydrogens (tertiary/aromatic N) is 2. The first kappa shape index (κ1) is 18.5. The fourth-order valence-electron chi connectivity index (χ4n) is 4.18. The van der Waals surface area contributed by atoms with Gasteiger partial charge in [-0.1, -0.05) is 18.2 Å². The van der Waals surface area contributed by atoms with Crippen LogP contribution in [0.1, 0.15) is 46.1 Å². The molecule has 1 amide bonds. The molecule has 154 valence electrons. The summed E-state index contributed by atoms with van der Waals surface area (Å²) in [6.07, 6.45) is 4.72. The van der Waals surface area contributed by atoms with E-state index in [0.29, 0.717) is 23.6 Å². The number of hydrogen-bond donors (Lipinski definition) is 1. The lowest BCUT2D eigenvalue weighted by Crippen LogP contribution is -2.31. The van der Waals surface area contributed by atoms with Gasteiger partial charge in [0.1, 0.15) is 5.75 Å². The maximum Gasteiger partial charge on any atom is 0.251 e. The quantitative estimate of drug-likeness (QED) is 0.704. The topological polar surface area (TPSA) is 74.6 Å². The van der Waals surface area contributed by atoms with E-state index in [1.165, 1.54) is 5.69 Å². The number of carbonyl (C=O) groups excluding carboxylic acids is 1. The van der Waals surface area contributed by atoms with E-state index in [0.717, 1.165) is 36.1 Å². The number of aromatic nitrogens is 2. The van der Waals surface area contributed by atoms with Crippen LogP contribution >= 0.6 is 0 Å². The summed E-state index contributed by atoms with van der Waals surface area (Å²) in [6, 6.07) is 13.2. The van der Waals surface area contributed by atoms with E-state index in [-0.39, 0.29) is 18.7 Å². The minimum Gasteiger partial charge on any atom is -0.496 e. The predicted molar refractivity (Wildman–Crippen MR) is 110 cm³/mol. The second kappa shape index (κ2) is 7.74. The van der Waals surface area contributed by atoms with Crippen LogP contribution in [0.15, 0.2) is 48.7 Å². The number of hydrogen-bond acceptors (Lipinski definition) is 5. The Bertz CT molecular complexity index is 1090. The molecule has 1 aromatic heterocycles. The van der Waals surface area contributed by atoms with Crippen LogP contribution in [0.3, 0.4) is 0 Å². The number of fused-ring (bicyclic) bond motifs is 2. The van der Waals surface area contributed by atoms with Crippen LogP contribution in [0.25, 0.3) is 0 Å². The van der Waals surface area contributed by atoms with Crippen LogP contribution in [-0.2, 0) is 13.0 Å². The molecule has 0 saturated heterocycles. The predicted octanol–water partition coefficient (Wildman–Crippen LogP) is 3.48. The van der Waals surface area contributed by atoms with Gasteiger partial charge in [0.25, 0.3) is 5.91 Å². The molecular weight excluding hydrogens is 382 g/mol. The van der Waals surface area contributed by atoms with Crippen molar-refractivity contribution in [3.05, 3.63) is 71.0 Å². The van der Waals surface area contributed by atoms with Crippen LogP contribution in [0, 0.1) is 0 Å². The standard InChI is InChI=1S/C23H23N3O4/c1-28-20-8-3-2-5-16(20)13-26-19-7-4-6-18(17(19)12-24-26)25-23(27)15-9-10-21-22(11-15)30-14-29-21/h2-3,5,8-12,18H,4,6-7,13-14H2,1H3,(H,25,27)/t18-/m0/s1. The lowest BCUT2D eigenvalue weighted by Gasteiger charge is -2.24. The zero-order chi connectivity index (χ0) is 20.5. The van der Waals surface area contributed by atoms with Gasteiger partial charge in [0, 0.05) is 22.4 Å². The Labute approximate surface area is 174 Å². The molecule has 2 heterocycles. The molecule has 2 aromatic carbocycles. The molecule has 30 heavy (non-hydrogen) atoms. The molecule has 0 spiro atoms. The zero-order valence-corrected chi connectivity index (χ0v) is 16.8. The number of nitrogens with one attached hydrogen (secondary N) is 1. The van der Waals surface area contributed by atoms with Gasteiger partial charge in [-0.3, -0.25) is 9.48 Å².